The molecule has 2 saturated carbocycles. The first kappa shape index (κ1) is 22.5. The van der Waals surface area contributed by atoms with Crippen LogP contribution >= 0.6 is 15.9 Å². The molecule has 2 aliphatic carbocycles. The molecule has 4 nitrogen and oxygen atoms in total. The van der Waals surface area contributed by atoms with Crippen LogP contribution in [0.1, 0.15) is 39.2 Å². The minimum absolute atomic E-state index is 0.0364. The summed E-state index contributed by atoms with van der Waals surface area (Å²) in [6.45, 7) is 6.85. The summed E-state index contributed by atoms with van der Waals surface area (Å²) in [5, 5.41) is 0. The van der Waals surface area contributed by atoms with E-state index >= 15 is 0 Å². The third kappa shape index (κ3) is 3.88. The molecule has 0 N–H and O–H groups in total. The number of amides is 1. The van der Waals surface area contributed by atoms with E-state index in [1.807, 2.05) is 54.6 Å². The van der Waals surface area contributed by atoms with Crippen LogP contribution in [-0.2, 0) is 9.53 Å². The molecular weight excluding hydrogens is 478 g/mol. The maximum atomic E-state index is 13.4. The van der Waals surface area contributed by atoms with Crippen LogP contribution in [-0.4, -0.2) is 35.6 Å². The SMILES string of the molecule is COc1ccc(N2C(=O)C(O[C@]3(C)CC4C(C[C@H]3Br)C4(C)C)C2C#Cc2ccccc2)cc1. The van der Waals surface area contributed by atoms with Gasteiger partial charge in [0.15, 0.2) is 6.10 Å². The summed E-state index contributed by atoms with van der Waals surface area (Å²) in [5.41, 5.74) is 1.70. The molecule has 33 heavy (non-hydrogen) atoms. The maximum Gasteiger partial charge on any atom is 0.260 e. The number of alkyl halides is 1. The number of nitrogens with zero attached hydrogens (tertiary/aromatic N) is 1. The maximum absolute atomic E-state index is 13.4. The van der Waals surface area contributed by atoms with Crippen LogP contribution in [0.2, 0.25) is 0 Å². The zero-order valence-corrected chi connectivity index (χ0v) is 21.1. The van der Waals surface area contributed by atoms with E-state index in [-0.39, 0.29) is 16.8 Å². The van der Waals surface area contributed by atoms with Crippen molar-refractivity contribution in [2.24, 2.45) is 17.3 Å². The Morgan fingerprint density at radius 2 is 1.73 bits per heavy atom. The largest absolute Gasteiger partial charge is 0.497 e. The number of benzene rings is 2. The number of carbonyl (C=O) groups excluding carboxylic acids is 1. The van der Waals surface area contributed by atoms with Crippen molar-refractivity contribution in [1.29, 1.82) is 0 Å². The molecular formula is C28H30BrNO3. The second kappa shape index (κ2) is 8.18. The number of β-lactam (4-membered cyclic amide) rings is 1. The standard InChI is InChI=1S/C28H30BrNO3/c1-27(2)21-16-24(29)28(3,17-22(21)27)33-25-23(15-10-18-8-6-5-7-9-18)30(26(25)31)19-11-13-20(32-4)14-12-19/h5-9,11-14,21-25H,16-17H2,1-4H3/t21?,22?,23?,24-,25?,28-/m1/s1. The van der Waals surface area contributed by atoms with Crippen molar-refractivity contribution in [3.05, 3.63) is 60.2 Å². The van der Waals surface area contributed by atoms with Crippen molar-refractivity contribution in [2.75, 3.05) is 12.0 Å². The van der Waals surface area contributed by atoms with Gasteiger partial charge in [-0.1, -0.05) is 59.8 Å². The van der Waals surface area contributed by atoms with E-state index in [4.69, 9.17) is 9.47 Å². The highest BCUT2D eigenvalue weighted by molar-refractivity contribution is 9.09. The first-order chi connectivity index (χ1) is 15.7. The molecule has 1 saturated heterocycles. The fraction of sp³-hybridized carbons (Fsp3) is 0.464. The molecule has 2 aromatic rings. The number of anilines is 1. The van der Waals surface area contributed by atoms with Crippen molar-refractivity contribution in [1.82, 2.24) is 0 Å². The van der Waals surface area contributed by atoms with E-state index in [0.717, 1.165) is 35.8 Å². The quantitative estimate of drug-likeness (QED) is 0.314. The van der Waals surface area contributed by atoms with Crippen LogP contribution in [0.15, 0.2) is 54.6 Å². The van der Waals surface area contributed by atoms with Crippen LogP contribution in [0.5, 0.6) is 5.75 Å². The van der Waals surface area contributed by atoms with Gasteiger partial charge in [0, 0.05) is 16.1 Å². The molecule has 5 heteroatoms. The van der Waals surface area contributed by atoms with Crippen molar-refractivity contribution < 1.29 is 14.3 Å². The minimum Gasteiger partial charge on any atom is -0.497 e. The van der Waals surface area contributed by atoms with Crippen molar-refractivity contribution in [2.45, 2.75) is 56.2 Å². The van der Waals surface area contributed by atoms with Gasteiger partial charge in [0.1, 0.15) is 11.8 Å². The van der Waals surface area contributed by atoms with E-state index in [0.29, 0.717) is 11.3 Å². The molecule has 3 fully saturated rings. The van der Waals surface area contributed by atoms with Gasteiger partial charge in [-0.2, -0.15) is 0 Å². The number of ether oxygens (including phenoxy) is 2. The summed E-state index contributed by atoms with van der Waals surface area (Å²) in [6, 6.07) is 17.1. The molecule has 1 aliphatic heterocycles. The fourth-order valence-electron chi connectivity index (χ4n) is 5.61. The average Bonchev–Trinajstić information content (AvgIpc) is 3.33. The zero-order chi connectivity index (χ0) is 23.4. The van der Waals surface area contributed by atoms with Gasteiger partial charge < -0.3 is 9.47 Å². The lowest BCUT2D eigenvalue weighted by molar-refractivity contribution is -0.160. The summed E-state index contributed by atoms with van der Waals surface area (Å²) >= 11 is 3.90. The van der Waals surface area contributed by atoms with Crippen LogP contribution in [0, 0.1) is 29.1 Å². The third-order valence-electron chi connectivity index (χ3n) is 7.97. The van der Waals surface area contributed by atoms with Crippen LogP contribution in [0.3, 0.4) is 0 Å². The Morgan fingerprint density at radius 1 is 1.03 bits per heavy atom. The van der Waals surface area contributed by atoms with Gasteiger partial charge >= 0.3 is 0 Å². The Labute approximate surface area is 204 Å². The first-order valence-corrected chi connectivity index (χ1v) is 12.5. The number of halogens is 1. The van der Waals surface area contributed by atoms with Crippen LogP contribution in [0.25, 0.3) is 0 Å². The molecule has 172 valence electrons. The van der Waals surface area contributed by atoms with Crippen LogP contribution in [0.4, 0.5) is 5.69 Å². The predicted octanol–water partition coefficient (Wildman–Crippen LogP) is 5.44. The van der Waals surface area contributed by atoms with Gasteiger partial charge in [-0.05, 0) is 73.4 Å². The second-order valence-corrected chi connectivity index (χ2v) is 11.4. The molecule has 1 heterocycles. The Morgan fingerprint density at radius 3 is 2.39 bits per heavy atom. The molecule has 0 radical (unpaired) electrons. The summed E-state index contributed by atoms with van der Waals surface area (Å²) in [4.78, 5) is 15.3. The Bertz CT molecular complexity index is 1100. The summed E-state index contributed by atoms with van der Waals surface area (Å²) in [6.07, 6.45) is 1.47. The number of hydrogen-bond acceptors (Lipinski definition) is 3. The number of methoxy groups -OCH3 is 1. The van der Waals surface area contributed by atoms with E-state index in [9.17, 15) is 4.79 Å². The van der Waals surface area contributed by atoms with E-state index in [1.165, 1.54) is 0 Å². The third-order valence-corrected chi connectivity index (χ3v) is 9.31. The molecule has 2 aromatic carbocycles. The van der Waals surface area contributed by atoms with Gasteiger partial charge in [-0.15, -0.1) is 0 Å². The van der Waals surface area contributed by atoms with Crippen molar-refractivity contribution in [3.8, 4) is 17.6 Å². The topological polar surface area (TPSA) is 38.8 Å². The number of hydrogen-bond donors (Lipinski definition) is 0. The van der Waals surface area contributed by atoms with Crippen LogP contribution < -0.4 is 9.64 Å². The number of rotatable bonds is 4. The van der Waals surface area contributed by atoms with Gasteiger partial charge in [0.25, 0.3) is 5.91 Å². The molecule has 4 unspecified atom stereocenters. The Hall–Kier alpha value is -2.29. The lowest BCUT2D eigenvalue weighted by Crippen LogP contribution is -2.68. The normalized spacial score (nSPS) is 33.9. The highest BCUT2D eigenvalue weighted by atomic mass is 79.9. The zero-order valence-electron chi connectivity index (χ0n) is 19.5. The fourth-order valence-corrected chi connectivity index (χ4v) is 6.30. The van der Waals surface area contributed by atoms with Gasteiger partial charge in [0.2, 0.25) is 0 Å². The number of fused-ring (bicyclic) bond motifs is 1. The minimum atomic E-state index is -0.577. The summed E-state index contributed by atoms with van der Waals surface area (Å²) < 4.78 is 11.9. The Kier molecular flexibility index (Phi) is 5.58. The molecule has 6 atom stereocenters. The predicted molar refractivity (Wildman–Crippen MR) is 134 cm³/mol. The van der Waals surface area contributed by atoms with Crippen molar-refractivity contribution in [3.63, 3.8) is 0 Å². The molecule has 0 aromatic heterocycles. The molecule has 1 amide bonds. The smallest absolute Gasteiger partial charge is 0.260 e. The monoisotopic (exact) mass is 507 g/mol. The average molecular weight is 508 g/mol. The summed E-state index contributed by atoms with van der Waals surface area (Å²) in [7, 11) is 1.63. The Balaban J connectivity index is 1.42. The summed E-state index contributed by atoms with van der Waals surface area (Å²) in [5.74, 6) is 8.69. The lowest BCUT2D eigenvalue weighted by atomic mass is 9.85. The van der Waals surface area contributed by atoms with Gasteiger partial charge in [-0.25, -0.2) is 0 Å². The second-order valence-electron chi connectivity index (χ2n) is 10.3. The number of carbonyl (C=O) groups is 1. The lowest BCUT2D eigenvalue weighted by Gasteiger charge is -2.49. The van der Waals surface area contributed by atoms with E-state index in [2.05, 4.69) is 48.5 Å². The van der Waals surface area contributed by atoms with E-state index < -0.39 is 11.7 Å². The van der Waals surface area contributed by atoms with Gasteiger partial charge in [-0.3, -0.25) is 9.69 Å². The van der Waals surface area contributed by atoms with Crippen molar-refractivity contribution >= 4 is 27.5 Å². The first-order valence-electron chi connectivity index (χ1n) is 11.6. The van der Waals surface area contributed by atoms with Gasteiger partial charge in [0.05, 0.1) is 12.7 Å². The molecule has 0 spiro atoms. The highest BCUT2D eigenvalue weighted by Crippen LogP contribution is 2.68. The molecule has 0 bridgehead atoms. The molecule has 5 rings (SSSR count). The highest BCUT2D eigenvalue weighted by Gasteiger charge is 2.65. The molecule has 3 aliphatic rings. The van der Waals surface area contributed by atoms with E-state index in [1.54, 1.807) is 12.0 Å².